The summed E-state index contributed by atoms with van der Waals surface area (Å²) >= 11 is 0. The van der Waals surface area contributed by atoms with E-state index >= 15 is 0 Å². The molecule has 94 valence electrons. The van der Waals surface area contributed by atoms with Gasteiger partial charge in [0.25, 0.3) is 0 Å². The van der Waals surface area contributed by atoms with Crippen molar-refractivity contribution in [3.05, 3.63) is 5.82 Å². The summed E-state index contributed by atoms with van der Waals surface area (Å²) in [6, 6.07) is 1.01. The van der Waals surface area contributed by atoms with Gasteiger partial charge in [0.15, 0.2) is 5.82 Å². The number of hydrogen-bond donors (Lipinski definition) is 1. The maximum Gasteiger partial charge on any atom is 0.165 e. The summed E-state index contributed by atoms with van der Waals surface area (Å²) in [5, 5.41) is 15.5. The van der Waals surface area contributed by atoms with Gasteiger partial charge in [-0.3, -0.25) is 0 Å². The van der Waals surface area contributed by atoms with E-state index < -0.39 is 0 Å². The number of nitrogens with one attached hydrogen (secondary N) is 1. The molecule has 1 aromatic heterocycles. The fraction of sp³-hybridized carbons (Fsp3) is 0.909. The number of tetrazole rings is 1. The predicted molar refractivity (Wildman–Crippen MR) is 61.3 cm³/mol. The lowest BCUT2D eigenvalue weighted by Gasteiger charge is -2.18. The van der Waals surface area contributed by atoms with Gasteiger partial charge in [0.05, 0.1) is 19.2 Å². The minimum absolute atomic E-state index is 0.323. The molecule has 0 radical (unpaired) electrons. The van der Waals surface area contributed by atoms with Crippen molar-refractivity contribution in [3.8, 4) is 0 Å². The van der Waals surface area contributed by atoms with Crippen LogP contribution in [0.1, 0.15) is 38.1 Å². The van der Waals surface area contributed by atoms with Gasteiger partial charge in [-0.05, 0) is 36.6 Å². The molecule has 2 atom stereocenters. The van der Waals surface area contributed by atoms with Gasteiger partial charge in [0.2, 0.25) is 0 Å². The molecule has 6 nitrogen and oxygen atoms in total. The molecule has 0 aromatic carbocycles. The summed E-state index contributed by atoms with van der Waals surface area (Å²) in [7, 11) is 0. The van der Waals surface area contributed by atoms with E-state index in [9.17, 15) is 0 Å². The van der Waals surface area contributed by atoms with E-state index in [1.165, 1.54) is 12.8 Å². The molecule has 1 aliphatic carbocycles. The number of hydrogen-bond acceptors (Lipinski definition) is 5. The van der Waals surface area contributed by atoms with Gasteiger partial charge in [-0.2, -0.15) is 0 Å². The standard InChI is InChI=1S/C11H19N5O/c1-8(9-4-5-17-7-9)16-11(13-14-15-16)6-12-10-2-3-10/h8-10,12H,2-7H2,1H3. The molecule has 1 aromatic rings. The van der Waals surface area contributed by atoms with Crippen molar-refractivity contribution in [1.29, 1.82) is 0 Å². The molecule has 3 rings (SSSR count). The molecule has 1 saturated carbocycles. The van der Waals surface area contributed by atoms with E-state index in [4.69, 9.17) is 4.74 Å². The minimum atomic E-state index is 0.323. The van der Waals surface area contributed by atoms with Crippen molar-refractivity contribution < 1.29 is 4.74 Å². The van der Waals surface area contributed by atoms with Crippen LogP contribution >= 0.6 is 0 Å². The maximum atomic E-state index is 5.43. The summed E-state index contributed by atoms with van der Waals surface area (Å²) in [5.41, 5.74) is 0. The summed E-state index contributed by atoms with van der Waals surface area (Å²) in [5.74, 6) is 1.48. The van der Waals surface area contributed by atoms with Crippen LogP contribution in [0.2, 0.25) is 0 Å². The van der Waals surface area contributed by atoms with E-state index in [1.807, 2.05) is 4.68 Å². The Kier molecular flexibility index (Phi) is 3.07. The molecule has 1 saturated heterocycles. The van der Waals surface area contributed by atoms with E-state index in [2.05, 4.69) is 27.8 Å². The monoisotopic (exact) mass is 237 g/mol. The zero-order chi connectivity index (χ0) is 11.7. The Labute approximate surface area is 101 Å². The first-order valence-electron chi connectivity index (χ1n) is 6.42. The smallest absolute Gasteiger partial charge is 0.165 e. The van der Waals surface area contributed by atoms with Gasteiger partial charge in [0.1, 0.15) is 0 Å². The van der Waals surface area contributed by atoms with Crippen molar-refractivity contribution in [2.24, 2.45) is 5.92 Å². The van der Waals surface area contributed by atoms with Crippen molar-refractivity contribution in [3.63, 3.8) is 0 Å². The van der Waals surface area contributed by atoms with Crippen LogP contribution in [0.3, 0.4) is 0 Å². The van der Waals surface area contributed by atoms with Crippen LogP contribution < -0.4 is 5.32 Å². The molecule has 2 aliphatic rings. The van der Waals surface area contributed by atoms with Crippen molar-refractivity contribution in [1.82, 2.24) is 25.5 Å². The second-order valence-corrected chi connectivity index (χ2v) is 5.06. The first kappa shape index (κ1) is 11.1. The molecule has 0 spiro atoms. The highest BCUT2D eigenvalue weighted by atomic mass is 16.5. The summed E-state index contributed by atoms with van der Waals surface area (Å²) in [6.07, 6.45) is 3.68. The lowest BCUT2D eigenvalue weighted by Crippen LogP contribution is -2.24. The average molecular weight is 237 g/mol. The van der Waals surface area contributed by atoms with Crippen LogP contribution in [-0.4, -0.2) is 39.5 Å². The van der Waals surface area contributed by atoms with Gasteiger partial charge in [-0.25, -0.2) is 4.68 Å². The van der Waals surface area contributed by atoms with Gasteiger partial charge < -0.3 is 10.1 Å². The van der Waals surface area contributed by atoms with Crippen LogP contribution in [-0.2, 0) is 11.3 Å². The quantitative estimate of drug-likeness (QED) is 0.809. The average Bonchev–Trinajstić information content (AvgIpc) is 2.86. The molecule has 2 heterocycles. The second-order valence-electron chi connectivity index (χ2n) is 5.06. The third-order valence-electron chi connectivity index (χ3n) is 3.72. The largest absolute Gasteiger partial charge is 0.381 e. The molecule has 0 amide bonds. The van der Waals surface area contributed by atoms with Crippen molar-refractivity contribution in [2.75, 3.05) is 13.2 Å². The highest BCUT2D eigenvalue weighted by Crippen LogP contribution is 2.26. The summed E-state index contributed by atoms with van der Waals surface area (Å²) in [6.45, 7) is 4.65. The number of nitrogens with zero attached hydrogens (tertiary/aromatic N) is 4. The summed E-state index contributed by atoms with van der Waals surface area (Å²) < 4.78 is 7.38. The van der Waals surface area contributed by atoms with Gasteiger partial charge >= 0.3 is 0 Å². The first-order chi connectivity index (χ1) is 8.34. The SMILES string of the molecule is CC(C1CCOC1)n1nnnc1CNC1CC1. The minimum Gasteiger partial charge on any atom is -0.381 e. The molecule has 1 aliphatic heterocycles. The zero-order valence-electron chi connectivity index (χ0n) is 10.2. The molecule has 0 bridgehead atoms. The molecular weight excluding hydrogens is 218 g/mol. The van der Waals surface area contributed by atoms with Gasteiger partial charge in [0, 0.05) is 18.6 Å². The van der Waals surface area contributed by atoms with Crippen LogP contribution in [0.15, 0.2) is 0 Å². The molecule has 17 heavy (non-hydrogen) atoms. The highest BCUT2D eigenvalue weighted by Gasteiger charge is 2.27. The molecule has 6 heteroatoms. The first-order valence-corrected chi connectivity index (χ1v) is 6.42. The Morgan fingerprint density at radius 3 is 3.06 bits per heavy atom. The molecule has 1 N–H and O–H groups in total. The Hall–Kier alpha value is -1.01. The van der Waals surface area contributed by atoms with Gasteiger partial charge in [-0.15, -0.1) is 5.10 Å². The topological polar surface area (TPSA) is 64.9 Å². The summed E-state index contributed by atoms with van der Waals surface area (Å²) in [4.78, 5) is 0. The van der Waals surface area contributed by atoms with E-state index in [1.54, 1.807) is 0 Å². The molecule has 2 unspecified atom stereocenters. The lowest BCUT2D eigenvalue weighted by molar-refractivity contribution is 0.172. The Morgan fingerprint density at radius 1 is 1.47 bits per heavy atom. The lowest BCUT2D eigenvalue weighted by atomic mass is 10.0. The zero-order valence-corrected chi connectivity index (χ0v) is 10.2. The number of ether oxygens (including phenoxy) is 1. The van der Waals surface area contributed by atoms with Crippen LogP contribution in [0.25, 0.3) is 0 Å². The Bertz CT molecular complexity index is 370. The van der Waals surface area contributed by atoms with Crippen LogP contribution in [0.4, 0.5) is 0 Å². The van der Waals surface area contributed by atoms with Crippen LogP contribution in [0.5, 0.6) is 0 Å². The Balaban J connectivity index is 1.65. The maximum absolute atomic E-state index is 5.43. The molecule has 2 fully saturated rings. The second kappa shape index (κ2) is 4.70. The van der Waals surface area contributed by atoms with Crippen molar-refractivity contribution in [2.45, 2.75) is 44.8 Å². The van der Waals surface area contributed by atoms with Crippen LogP contribution in [0, 0.1) is 5.92 Å². The predicted octanol–water partition coefficient (Wildman–Crippen LogP) is 0.523. The fourth-order valence-electron chi connectivity index (χ4n) is 2.30. The fourth-order valence-corrected chi connectivity index (χ4v) is 2.30. The number of rotatable bonds is 5. The molecular formula is C11H19N5O. The van der Waals surface area contributed by atoms with Gasteiger partial charge in [-0.1, -0.05) is 0 Å². The van der Waals surface area contributed by atoms with E-state index in [0.29, 0.717) is 18.0 Å². The Morgan fingerprint density at radius 2 is 2.35 bits per heavy atom. The normalized spacial score (nSPS) is 26.3. The van der Waals surface area contributed by atoms with Crippen molar-refractivity contribution >= 4 is 0 Å². The van der Waals surface area contributed by atoms with E-state index in [0.717, 1.165) is 32.0 Å². The third kappa shape index (κ3) is 2.47. The third-order valence-corrected chi connectivity index (χ3v) is 3.72. The number of aromatic nitrogens is 4. The van der Waals surface area contributed by atoms with E-state index in [-0.39, 0.29) is 0 Å². The highest BCUT2D eigenvalue weighted by molar-refractivity contribution is 4.89.